The number of nitrogen functional groups attached to an aromatic ring is 1. The van der Waals surface area contributed by atoms with Crippen LogP contribution in [0.15, 0.2) is 24.3 Å². The topological polar surface area (TPSA) is 110 Å². The maximum Gasteiger partial charge on any atom is 0.251 e. The number of piperidine rings is 1. The number of amides is 2. The van der Waals surface area contributed by atoms with Gasteiger partial charge in [0.1, 0.15) is 28.6 Å². The number of hydrogen-bond donors (Lipinski definition) is 2. The lowest BCUT2D eigenvalue weighted by Crippen LogP contribution is -2.49. The number of ether oxygens (including phenoxy) is 1. The molecule has 0 bridgehead atoms. The number of nitrogens with two attached hydrogens (primary N) is 1. The summed E-state index contributed by atoms with van der Waals surface area (Å²) in [6.45, 7) is 4.82. The predicted molar refractivity (Wildman–Crippen MR) is 124 cm³/mol. The van der Waals surface area contributed by atoms with Crippen molar-refractivity contribution in [1.82, 2.24) is 20.2 Å². The van der Waals surface area contributed by atoms with Gasteiger partial charge in [-0.2, -0.15) is 0 Å². The number of anilines is 1. The van der Waals surface area contributed by atoms with Gasteiger partial charge in [0.05, 0.1) is 7.11 Å². The molecule has 1 aliphatic heterocycles. The minimum atomic E-state index is -0.593. The van der Waals surface area contributed by atoms with Gasteiger partial charge < -0.3 is 20.7 Å². The fraction of sp³-hybridized carbons (Fsp3) is 0.478. The van der Waals surface area contributed by atoms with E-state index in [1.165, 1.54) is 0 Å². The molecule has 9 heteroatoms. The second-order valence-corrected chi connectivity index (χ2v) is 8.51. The van der Waals surface area contributed by atoms with E-state index >= 15 is 0 Å². The van der Waals surface area contributed by atoms with Crippen LogP contribution in [0.3, 0.4) is 0 Å². The number of methoxy groups -OCH3 is 1. The summed E-state index contributed by atoms with van der Waals surface area (Å²) in [5, 5.41) is 3.21. The number of rotatable bonds is 7. The van der Waals surface area contributed by atoms with Crippen molar-refractivity contribution in [3.63, 3.8) is 0 Å². The average molecular weight is 460 g/mol. The maximum absolute atomic E-state index is 12.8. The van der Waals surface area contributed by atoms with Gasteiger partial charge in [0.2, 0.25) is 5.91 Å². The lowest BCUT2D eigenvalue weighted by atomic mass is 9.90. The normalized spacial score (nSPS) is 15.3. The Bertz CT molecular complexity index is 936. The number of carbonyl (C=O) groups excluding carboxylic acids is 2. The molecule has 0 saturated carbocycles. The Labute approximate surface area is 193 Å². The third-order valence-electron chi connectivity index (χ3n) is 5.90. The number of likely N-dealkylation sites (tertiary alicyclic amines) is 1. The van der Waals surface area contributed by atoms with E-state index in [9.17, 15) is 9.59 Å². The van der Waals surface area contributed by atoms with E-state index in [0.717, 1.165) is 31.2 Å². The van der Waals surface area contributed by atoms with Gasteiger partial charge in [-0.15, -0.1) is 0 Å². The van der Waals surface area contributed by atoms with Gasteiger partial charge in [-0.1, -0.05) is 11.6 Å². The number of aromatic nitrogens is 2. The van der Waals surface area contributed by atoms with E-state index in [-0.39, 0.29) is 11.8 Å². The summed E-state index contributed by atoms with van der Waals surface area (Å²) in [6, 6.07) is 6.19. The fourth-order valence-corrected chi connectivity index (χ4v) is 4.28. The van der Waals surface area contributed by atoms with Crippen LogP contribution >= 0.6 is 11.6 Å². The summed E-state index contributed by atoms with van der Waals surface area (Å²) in [7, 11) is 1.57. The number of benzene rings is 1. The Morgan fingerprint density at radius 2 is 1.91 bits per heavy atom. The number of carbonyl (C=O) groups is 2. The first-order chi connectivity index (χ1) is 15.3. The second kappa shape index (κ2) is 10.6. The molecule has 2 amide bonds. The Morgan fingerprint density at radius 1 is 1.25 bits per heavy atom. The van der Waals surface area contributed by atoms with Crippen molar-refractivity contribution < 1.29 is 14.3 Å². The zero-order valence-corrected chi connectivity index (χ0v) is 19.5. The number of halogens is 1. The Kier molecular flexibility index (Phi) is 7.90. The Hall–Kier alpha value is -2.87. The number of aryl methyl sites for hydroxylation is 1. The minimum absolute atomic E-state index is 0.0652. The summed E-state index contributed by atoms with van der Waals surface area (Å²) in [6.07, 6.45) is 3.43. The smallest absolute Gasteiger partial charge is 0.251 e. The van der Waals surface area contributed by atoms with Crippen LogP contribution in [-0.2, 0) is 11.2 Å². The third-order valence-corrected chi connectivity index (χ3v) is 6.21. The zero-order chi connectivity index (χ0) is 23.3. The number of hydrogen-bond acceptors (Lipinski definition) is 6. The van der Waals surface area contributed by atoms with Crippen LogP contribution in [0.1, 0.15) is 47.9 Å². The van der Waals surface area contributed by atoms with Crippen LogP contribution in [0, 0.1) is 12.8 Å². The standard InChI is InChI=1S/C23H30ClN5O3/c1-14(26-22(30)17-5-7-18(32-3)8-6-17)23(31)29-12-10-16(11-13-29)4-9-19-20(24)27-15(2)28-21(19)25/h5-8,14,16H,4,9-13H2,1-3H3,(H,26,30)(H2,25,27,28). The molecule has 1 unspecified atom stereocenters. The number of nitrogens with one attached hydrogen (secondary N) is 1. The summed E-state index contributed by atoms with van der Waals surface area (Å²) >= 11 is 6.23. The molecule has 1 saturated heterocycles. The molecule has 1 aromatic carbocycles. The monoisotopic (exact) mass is 459 g/mol. The Balaban J connectivity index is 1.46. The largest absolute Gasteiger partial charge is 0.497 e. The first-order valence-corrected chi connectivity index (χ1v) is 11.2. The van der Waals surface area contributed by atoms with Crippen molar-refractivity contribution in [2.75, 3.05) is 25.9 Å². The molecule has 0 radical (unpaired) electrons. The SMILES string of the molecule is COc1ccc(C(=O)NC(C)C(=O)N2CCC(CCc3c(N)nc(C)nc3Cl)CC2)cc1. The minimum Gasteiger partial charge on any atom is -0.497 e. The molecule has 1 aliphatic rings. The summed E-state index contributed by atoms with van der Waals surface area (Å²) in [5.41, 5.74) is 7.28. The van der Waals surface area contributed by atoms with E-state index in [0.29, 0.717) is 47.1 Å². The molecule has 0 aliphatic carbocycles. The van der Waals surface area contributed by atoms with Crippen LogP contribution in [0.2, 0.25) is 5.15 Å². The molecule has 1 fully saturated rings. The van der Waals surface area contributed by atoms with Gasteiger partial charge in [0.15, 0.2) is 0 Å². The van der Waals surface area contributed by atoms with Crippen molar-refractivity contribution in [2.24, 2.45) is 5.92 Å². The van der Waals surface area contributed by atoms with Crippen molar-refractivity contribution >= 4 is 29.2 Å². The lowest BCUT2D eigenvalue weighted by Gasteiger charge is -2.33. The highest BCUT2D eigenvalue weighted by Gasteiger charge is 2.27. The molecule has 3 N–H and O–H groups in total. The fourth-order valence-electron chi connectivity index (χ4n) is 3.96. The molecule has 3 rings (SSSR count). The highest BCUT2D eigenvalue weighted by molar-refractivity contribution is 6.30. The molecule has 32 heavy (non-hydrogen) atoms. The van der Waals surface area contributed by atoms with Crippen LogP contribution in [0.25, 0.3) is 0 Å². The van der Waals surface area contributed by atoms with Gasteiger partial charge in [-0.25, -0.2) is 9.97 Å². The molecule has 1 atom stereocenters. The third kappa shape index (κ3) is 5.88. The average Bonchev–Trinajstić information content (AvgIpc) is 2.78. The molecule has 2 aromatic rings. The Morgan fingerprint density at radius 3 is 2.50 bits per heavy atom. The van der Waals surface area contributed by atoms with Gasteiger partial charge in [0.25, 0.3) is 5.91 Å². The molecule has 2 heterocycles. The van der Waals surface area contributed by atoms with Gasteiger partial charge in [0, 0.05) is 24.2 Å². The van der Waals surface area contributed by atoms with Crippen LogP contribution < -0.4 is 15.8 Å². The van der Waals surface area contributed by atoms with E-state index in [4.69, 9.17) is 22.1 Å². The van der Waals surface area contributed by atoms with Crippen LogP contribution in [0.5, 0.6) is 5.75 Å². The molecule has 172 valence electrons. The van der Waals surface area contributed by atoms with E-state index in [1.54, 1.807) is 45.2 Å². The first-order valence-electron chi connectivity index (χ1n) is 10.8. The molecular weight excluding hydrogens is 430 g/mol. The number of nitrogens with zero attached hydrogens (tertiary/aromatic N) is 3. The van der Waals surface area contributed by atoms with E-state index < -0.39 is 6.04 Å². The lowest BCUT2D eigenvalue weighted by molar-refractivity contribution is -0.134. The first kappa shape index (κ1) is 23.8. The summed E-state index contributed by atoms with van der Waals surface area (Å²) < 4.78 is 5.10. The summed E-state index contributed by atoms with van der Waals surface area (Å²) in [4.78, 5) is 35.5. The highest BCUT2D eigenvalue weighted by Crippen LogP contribution is 2.27. The zero-order valence-electron chi connectivity index (χ0n) is 18.7. The van der Waals surface area contributed by atoms with E-state index in [1.807, 2.05) is 4.90 Å². The highest BCUT2D eigenvalue weighted by atomic mass is 35.5. The summed E-state index contributed by atoms with van der Waals surface area (Å²) in [5.74, 6) is 1.81. The van der Waals surface area contributed by atoms with Crippen molar-refractivity contribution in [1.29, 1.82) is 0 Å². The molecule has 1 aromatic heterocycles. The second-order valence-electron chi connectivity index (χ2n) is 8.16. The molecular formula is C23H30ClN5O3. The van der Waals surface area contributed by atoms with Gasteiger partial charge in [-0.3, -0.25) is 9.59 Å². The molecule has 8 nitrogen and oxygen atoms in total. The predicted octanol–water partition coefficient (Wildman–Crippen LogP) is 3.02. The van der Waals surface area contributed by atoms with Crippen molar-refractivity contribution in [2.45, 2.75) is 45.6 Å². The van der Waals surface area contributed by atoms with Crippen LogP contribution in [0.4, 0.5) is 5.82 Å². The van der Waals surface area contributed by atoms with E-state index in [2.05, 4.69) is 15.3 Å². The van der Waals surface area contributed by atoms with Gasteiger partial charge >= 0.3 is 0 Å². The maximum atomic E-state index is 12.8. The van der Waals surface area contributed by atoms with Gasteiger partial charge in [-0.05, 0) is 69.7 Å². The van der Waals surface area contributed by atoms with Crippen molar-refractivity contribution in [3.05, 3.63) is 46.4 Å². The molecule has 0 spiro atoms. The quantitative estimate of drug-likeness (QED) is 0.616. The van der Waals surface area contributed by atoms with Crippen molar-refractivity contribution in [3.8, 4) is 5.75 Å². The van der Waals surface area contributed by atoms with Crippen LogP contribution in [-0.4, -0.2) is 52.9 Å².